The lowest BCUT2D eigenvalue weighted by molar-refractivity contribution is 0.669. The number of H-pyrrole nitrogens is 2. The van der Waals surface area contributed by atoms with Gasteiger partial charge in [-0.2, -0.15) is 0 Å². The zero-order chi connectivity index (χ0) is 19.7. The van der Waals surface area contributed by atoms with Crippen molar-refractivity contribution in [1.29, 1.82) is 0 Å². The molecule has 0 radical (unpaired) electrons. The number of nitrogens with zero attached hydrogens (tertiary/aromatic N) is 2. The van der Waals surface area contributed by atoms with Crippen LogP contribution in [0.5, 0.6) is 0 Å². The largest absolute Gasteiger partial charge is 0.454 e. The highest BCUT2D eigenvalue weighted by Crippen LogP contribution is 2.38. The fourth-order valence-electron chi connectivity index (χ4n) is 4.04. The topological polar surface area (TPSA) is 96.7 Å². The molecular weight excluding hydrogens is 368 g/mol. The van der Waals surface area contributed by atoms with Crippen molar-refractivity contribution in [3.05, 3.63) is 75.3 Å². The van der Waals surface area contributed by atoms with Crippen LogP contribution < -0.4 is 11.0 Å². The van der Waals surface area contributed by atoms with Crippen molar-refractivity contribution in [3.8, 4) is 11.1 Å². The van der Waals surface area contributed by atoms with Crippen LogP contribution in [0.3, 0.4) is 0 Å². The summed E-state index contributed by atoms with van der Waals surface area (Å²) in [6.07, 6.45) is 1.76. The van der Waals surface area contributed by atoms with E-state index in [0.29, 0.717) is 33.5 Å². The van der Waals surface area contributed by atoms with Gasteiger partial charge in [0.05, 0.1) is 11.1 Å². The van der Waals surface area contributed by atoms with Gasteiger partial charge in [0.25, 0.3) is 5.56 Å². The summed E-state index contributed by atoms with van der Waals surface area (Å²) in [6, 6.07) is 14.3. The van der Waals surface area contributed by atoms with E-state index in [1.165, 1.54) is 12.1 Å². The summed E-state index contributed by atoms with van der Waals surface area (Å²) in [5.74, 6) is 0. The first-order chi connectivity index (χ1) is 14.1. The number of hydrogen-bond acceptors (Lipinski definition) is 4. The molecule has 6 rings (SSSR count). The third-order valence-corrected chi connectivity index (χ3v) is 5.42. The number of para-hydroxylation sites is 1. The zero-order valence-corrected chi connectivity index (χ0v) is 15.3. The monoisotopic (exact) mass is 382 g/mol. The van der Waals surface area contributed by atoms with Crippen molar-refractivity contribution >= 4 is 44.0 Å². The van der Waals surface area contributed by atoms with Gasteiger partial charge in [-0.1, -0.05) is 18.2 Å². The summed E-state index contributed by atoms with van der Waals surface area (Å²) < 4.78 is 7.70. The van der Waals surface area contributed by atoms with E-state index in [9.17, 15) is 9.59 Å². The van der Waals surface area contributed by atoms with Gasteiger partial charge < -0.3 is 14.1 Å². The molecule has 4 aromatic heterocycles. The third kappa shape index (κ3) is 2.09. The predicted octanol–water partition coefficient (Wildman–Crippen LogP) is 3.67. The van der Waals surface area contributed by atoms with Gasteiger partial charge in [-0.3, -0.25) is 14.7 Å². The van der Waals surface area contributed by atoms with Crippen LogP contribution in [0.4, 0.5) is 0 Å². The fourth-order valence-corrected chi connectivity index (χ4v) is 4.04. The smallest absolute Gasteiger partial charge is 0.258 e. The van der Waals surface area contributed by atoms with Crippen LogP contribution >= 0.6 is 0 Å². The van der Waals surface area contributed by atoms with Crippen molar-refractivity contribution in [2.75, 3.05) is 0 Å². The minimum Gasteiger partial charge on any atom is -0.454 e. The molecule has 140 valence electrons. The molecule has 0 saturated heterocycles. The number of furan rings is 1. The summed E-state index contributed by atoms with van der Waals surface area (Å²) in [7, 11) is 1.76. The molecule has 2 N–H and O–H groups in total. The SMILES string of the molecule is Cn1c(=O)c(-c2c3c[nH][nH]c3nc3c2oc2cc(=O)ccc23)cc2ccccc21. The molecule has 0 fully saturated rings. The second-order valence-electron chi connectivity index (χ2n) is 7.08. The third-order valence-electron chi connectivity index (χ3n) is 5.42. The van der Waals surface area contributed by atoms with Gasteiger partial charge in [-0.25, -0.2) is 4.98 Å². The van der Waals surface area contributed by atoms with E-state index in [2.05, 4.69) is 15.2 Å². The number of nitrogens with one attached hydrogen (secondary N) is 2. The standard InChI is InChI=1S/C22H14N4O3/c1-26-16-5-3-2-4-11(16)8-14(22(26)28)18-15-10-23-25-21(15)24-19-13-7-6-12(27)9-17(13)29-20(18)19/h2-10H,1H3,(H2,23,24,25). The minimum absolute atomic E-state index is 0.135. The Morgan fingerprint density at radius 1 is 1.03 bits per heavy atom. The fraction of sp³-hybridized carbons (Fsp3) is 0.0455. The second-order valence-corrected chi connectivity index (χ2v) is 7.08. The Hall–Kier alpha value is -4.13. The summed E-state index contributed by atoms with van der Waals surface area (Å²) in [4.78, 5) is 29.8. The molecular formula is C22H14N4O3. The van der Waals surface area contributed by atoms with E-state index in [4.69, 9.17) is 4.42 Å². The Morgan fingerprint density at radius 3 is 2.79 bits per heavy atom. The molecule has 0 amide bonds. The van der Waals surface area contributed by atoms with Crippen molar-refractivity contribution in [3.63, 3.8) is 0 Å². The van der Waals surface area contributed by atoms with E-state index in [1.54, 1.807) is 23.9 Å². The maximum Gasteiger partial charge on any atom is 0.258 e. The van der Waals surface area contributed by atoms with Crippen molar-refractivity contribution in [1.82, 2.24) is 19.7 Å². The van der Waals surface area contributed by atoms with Crippen molar-refractivity contribution < 1.29 is 4.42 Å². The first kappa shape index (κ1) is 15.9. The van der Waals surface area contributed by atoms with Gasteiger partial charge in [0.1, 0.15) is 11.1 Å². The lowest BCUT2D eigenvalue weighted by Gasteiger charge is -2.10. The quantitative estimate of drug-likeness (QED) is 0.453. The maximum absolute atomic E-state index is 13.3. The Labute approximate surface area is 162 Å². The highest BCUT2D eigenvalue weighted by atomic mass is 16.3. The van der Waals surface area contributed by atoms with Gasteiger partial charge in [0.15, 0.2) is 16.7 Å². The summed E-state index contributed by atoms with van der Waals surface area (Å²) in [5.41, 5.74) is 3.89. The summed E-state index contributed by atoms with van der Waals surface area (Å²) >= 11 is 0. The van der Waals surface area contributed by atoms with Crippen LogP contribution in [0, 0.1) is 0 Å². The molecule has 29 heavy (non-hydrogen) atoms. The van der Waals surface area contributed by atoms with Crippen molar-refractivity contribution in [2.24, 2.45) is 7.05 Å². The van der Waals surface area contributed by atoms with Crippen LogP contribution in [-0.2, 0) is 7.05 Å². The first-order valence-electron chi connectivity index (χ1n) is 9.13. The van der Waals surface area contributed by atoms with E-state index < -0.39 is 0 Å². The molecule has 0 aliphatic rings. The molecule has 0 saturated carbocycles. The number of aryl methyl sites for hydroxylation is 1. The van der Waals surface area contributed by atoms with E-state index in [0.717, 1.165) is 21.7 Å². The minimum atomic E-state index is -0.140. The number of aromatic amines is 2. The van der Waals surface area contributed by atoms with Gasteiger partial charge in [-0.05, 0) is 29.7 Å². The molecule has 0 unspecified atom stereocenters. The lowest BCUT2D eigenvalue weighted by atomic mass is 10.0. The van der Waals surface area contributed by atoms with Crippen LogP contribution in [0.25, 0.3) is 55.1 Å². The number of pyridine rings is 2. The average Bonchev–Trinajstić information content (AvgIpc) is 3.33. The lowest BCUT2D eigenvalue weighted by Crippen LogP contribution is -2.19. The van der Waals surface area contributed by atoms with Gasteiger partial charge in [0, 0.05) is 35.6 Å². The Bertz CT molecular complexity index is 1720. The highest BCUT2D eigenvalue weighted by Gasteiger charge is 2.21. The van der Waals surface area contributed by atoms with E-state index in [-0.39, 0.29) is 11.0 Å². The average molecular weight is 382 g/mol. The molecule has 7 nitrogen and oxygen atoms in total. The van der Waals surface area contributed by atoms with Gasteiger partial charge in [-0.15, -0.1) is 0 Å². The van der Waals surface area contributed by atoms with E-state index >= 15 is 0 Å². The second kappa shape index (κ2) is 5.45. The summed E-state index contributed by atoms with van der Waals surface area (Å²) in [6.45, 7) is 0. The molecule has 0 bridgehead atoms. The van der Waals surface area contributed by atoms with Crippen LogP contribution in [0.15, 0.2) is 68.7 Å². The number of aromatic nitrogens is 4. The predicted molar refractivity (Wildman–Crippen MR) is 112 cm³/mol. The molecule has 6 aromatic rings. The Balaban J connectivity index is 1.86. The normalized spacial score (nSPS) is 11.9. The number of rotatable bonds is 1. The van der Waals surface area contributed by atoms with Gasteiger partial charge in [0.2, 0.25) is 0 Å². The van der Waals surface area contributed by atoms with E-state index in [1.807, 2.05) is 30.3 Å². The molecule has 0 spiro atoms. The first-order valence-corrected chi connectivity index (χ1v) is 9.13. The summed E-state index contributed by atoms with van der Waals surface area (Å²) in [5, 5.41) is 8.38. The van der Waals surface area contributed by atoms with Crippen LogP contribution in [0.2, 0.25) is 0 Å². The van der Waals surface area contributed by atoms with Crippen LogP contribution in [-0.4, -0.2) is 19.7 Å². The molecule has 0 aliphatic heterocycles. The highest BCUT2D eigenvalue weighted by molar-refractivity contribution is 6.14. The van der Waals surface area contributed by atoms with Crippen LogP contribution in [0.1, 0.15) is 0 Å². The maximum atomic E-state index is 13.3. The molecule has 2 aromatic carbocycles. The molecule has 0 atom stereocenters. The molecule has 4 heterocycles. The number of fused-ring (bicyclic) bond motifs is 5. The van der Waals surface area contributed by atoms with Crippen molar-refractivity contribution in [2.45, 2.75) is 0 Å². The number of hydrogen-bond donors (Lipinski definition) is 2. The molecule has 7 heteroatoms. The number of benzene rings is 2. The van der Waals surface area contributed by atoms with Gasteiger partial charge >= 0.3 is 0 Å². The Morgan fingerprint density at radius 2 is 1.90 bits per heavy atom. The Kier molecular flexibility index (Phi) is 2.98. The zero-order valence-electron chi connectivity index (χ0n) is 15.3. The molecule has 0 aliphatic carbocycles.